The maximum atomic E-state index is 11.4. The molecule has 0 amide bonds. The van der Waals surface area contributed by atoms with Gasteiger partial charge in [0.2, 0.25) is 11.6 Å². The van der Waals surface area contributed by atoms with Gasteiger partial charge in [0.25, 0.3) is 0 Å². The average molecular weight is 195 g/mol. The van der Waals surface area contributed by atoms with Gasteiger partial charge in [-0.1, -0.05) is 20.3 Å². The molecule has 1 N–H and O–H groups in total. The van der Waals surface area contributed by atoms with Gasteiger partial charge in [-0.25, -0.2) is 4.98 Å². The Morgan fingerprint density at radius 2 is 2.14 bits per heavy atom. The van der Waals surface area contributed by atoms with Crippen LogP contribution in [-0.4, -0.2) is 21.0 Å². The van der Waals surface area contributed by atoms with Crippen LogP contribution in [0.25, 0.3) is 0 Å². The monoisotopic (exact) mass is 195 g/mol. The van der Waals surface area contributed by atoms with Gasteiger partial charge in [-0.2, -0.15) is 5.10 Å². The van der Waals surface area contributed by atoms with Gasteiger partial charge in [0.15, 0.2) is 0 Å². The van der Waals surface area contributed by atoms with Crippen molar-refractivity contribution in [3.05, 3.63) is 11.6 Å². The molecule has 0 aliphatic carbocycles. The summed E-state index contributed by atoms with van der Waals surface area (Å²) in [5.41, 5.74) is 0. The van der Waals surface area contributed by atoms with Crippen molar-refractivity contribution in [2.75, 3.05) is 0 Å². The second-order valence-corrected chi connectivity index (χ2v) is 3.38. The third kappa shape index (κ3) is 2.94. The summed E-state index contributed by atoms with van der Waals surface area (Å²) in [4.78, 5) is 15.5. The van der Waals surface area contributed by atoms with Crippen molar-refractivity contribution in [1.29, 1.82) is 0 Å². The molecular weight excluding hydrogens is 178 g/mol. The summed E-state index contributed by atoms with van der Waals surface area (Å²) >= 11 is 0. The summed E-state index contributed by atoms with van der Waals surface area (Å²) < 4.78 is 0. The van der Waals surface area contributed by atoms with Crippen molar-refractivity contribution >= 4 is 5.78 Å². The van der Waals surface area contributed by atoms with Crippen molar-refractivity contribution in [3.8, 4) is 0 Å². The predicted molar refractivity (Wildman–Crippen MR) is 54.2 cm³/mol. The van der Waals surface area contributed by atoms with E-state index in [0.29, 0.717) is 12.2 Å². The normalized spacial score (nSPS) is 10.4. The predicted octanol–water partition coefficient (Wildman–Crippen LogP) is 2.13. The van der Waals surface area contributed by atoms with E-state index in [1.54, 1.807) is 0 Å². The Bertz CT molecular complexity index is 293. The van der Waals surface area contributed by atoms with Gasteiger partial charge in [0.1, 0.15) is 5.82 Å². The first-order chi connectivity index (χ1) is 6.77. The van der Waals surface area contributed by atoms with Crippen LogP contribution in [0.15, 0.2) is 0 Å². The summed E-state index contributed by atoms with van der Waals surface area (Å²) in [5, 5.41) is 6.70. The Labute approximate surface area is 84.1 Å². The van der Waals surface area contributed by atoms with E-state index in [0.717, 1.165) is 31.5 Å². The van der Waals surface area contributed by atoms with Gasteiger partial charge < -0.3 is 0 Å². The largest absolute Gasteiger partial charge is 0.291 e. The molecule has 1 heterocycles. The van der Waals surface area contributed by atoms with Crippen LogP contribution in [0.2, 0.25) is 0 Å². The Balaban J connectivity index is 2.54. The highest BCUT2D eigenvalue weighted by Gasteiger charge is 2.10. The van der Waals surface area contributed by atoms with Crippen molar-refractivity contribution in [1.82, 2.24) is 15.2 Å². The van der Waals surface area contributed by atoms with Crippen LogP contribution >= 0.6 is 0 Å². The molecule has 1 rings (SSSR count). The molecule has 4 heteroatoms. The molecule has 4 nitrogen and oxygen atoms in total. The fourth-order valence-corrected chi connectivity index (χ4v) is 1.21. The van der Waals surface area contributed by atoms with E-state index in [9.17, 15) is 4.79 Å². The van der Waals surface area contributed by atoms with E-state index in [1.807, 2.05) is 6.92 Å². The molecule has 1 aromatic heterocycles. The number of nitrogens with one attached hydrogen (secondary N) is 1. The molecule has 0 fully saturated rings. The number of H-pyrrole nitrogens is 1. The zero-order chi connectivity index (χ0) is 10.4. The summed E-state index contributed by atoms with van der Waals surface area (Å²) in [5.74, 6) is 1.20. The summed E-state index contributed by atoms with van der Waals surface area (Å²) in [6, 6.07) is 0. The lowest BCUT2D eigenvalue weighted by Gasteiger charge is -1.91. The number of ketones is 1. The van der Waals surface area contributed by atoms with Gasteiger partial charge in [-0.3, -0.25) is 9.89 Å². The quantitative estimate of drug-likeness (QED) is 0.707. The van der Waals surface area contributed by atoms with Crippen molar-refractivity contribution in [2.24, 2.45) is 0 Å². The van der Waals surface area contributed by atoms with Crippen LogP contribution in [0.5, 0.6) is 0 Å². The number of unbranched alkanes of at least 4 members (excludes halogenated alkanes) is 1. The molecule has 0 saturated carbocycles. The van der Waals surface area contributed by atoms with Crippen molar-refractivity contribution in [3.63, 3.8) is 0 Å². The Morgan fingerprint density at radius 1 is 1.36 bits per heavy atom. The maximum absolute atomic E-state index is 11.4. The lowest BCUT2D eigenvalue weighted by molar-refractivity contribution is 0.0972. The molecule has 0 aliphatic heterocycles. The van der Waals surface area contributed by atoms with Gasteiger partial charge >= 0.3 is 0 Å². The summed E-state index contributed by atoms with van der Waals surface area (Å²) in [6.07, 6.45) is 4.46. The molecule has 0 bridgehead atoms. The first kappa shape index (κ1) is 10.9. The minimum atomic E-state index is 0.0338. The molecule has 0 radical (unpaired) electrons. The average Bonchev–Trinajstić information content (AvgIpc) is 2.63. The number of rotatable bonds is 6. The lowest BCUT2D eigenvalue weighted by Crippen LogP contribution is -2.00. The van der Waals surface area contributed by atoms with Crippen LogP contribution in [0, 0.1) is 0 Å². The van der Waals surface area contributed by atoms with Crippen LogP contribution in [0.4, 0.5) is 0 Å². The number of hydrogen-bond acceptors (Lipinski definition) is 3. The van der Waals surface area contributed by atoms with Gasteiger partial charge in [-0.05, 0) is 12.8 Å². The zero-order valence-corrected chi connectivity index (χ0v) is 8.84. The number of hydrogen-bond donors (Lipinski definition) is 1. The SMILES string of the molecule is CCCCc1nc(C(=O)CCC)n[nH]1. The van der Waals surface area contributed by atoms with Gasteiger partial charge in [0.05, 0.1) is 0 Å². The van der Waals surface area contributed by atoms with Crippen LogP contribution < -0.4 is 0 Å². The first-order valence-corrected chi connectivity index (χ1v) is 5.22. The molecule has 0 unspecified atom stereocenters. The zero-order valence-electron chi connectivity index (χ0n) is 8.84. The number of aromatic amines is 1. The standard InChI is InChI=1S/C10H17N3O/c1-3-5-7-9-11-10(13-12-9)8(14)6-4-2/h3-7H2,1-2H3,(H,11,12,13). The summed E-state index contributed by atoms with van der Waals surface area (Å²) in [6.45, 7) is 4.10. The molecule has 0 atom stereocenters. The number of aryl methyl sites for hydroxylation is 1. The fraction of sp³-hybridized carbons (Fsp3) is 0.700. The van der Waals surface area contributed by atoms with E-state index in [2.05, 4.69) is 22.1 Å². The minimum Gasteiger partial charge on any atom is -0.291 e. The van der Waals surface area contributed by atoms with E-state index in [4.69, 9.17) is 0 Å². The maximum Gasteiger partial charge on any atom is 0.217 e. The number of Topliss-reactive ketones (excluding diaryl/α,β-unsaturated/α-hetero) is 1. The van der Waals surface area contributed by atoms with Crippen LogP contribution in [0.3, 0.4) is 0 Å². The highest BCUT2D eigenvalue weighted by Crippen LogP contribution is 2.02. The fourth-order valence-electron chi connectivity index (χ4n) is 1.21. The second-order valence-electron chi connectivity index (χ2n) is 3.38. The number of nitrogens with zero attached hydrogens (tertiary/aromatic N) is 2. The van der Waals surface area contributed by atoms with E-state index in [-0.39, 0.29) is 5.78 Å². The van der Waals surface area contributed by atoms with E-state index < -0.39 is 0 Å². The molecule has 0 aliphatic rings. The topological polar surface area (TPSA) is 58.6 Å². The smallest absolute Gasteiger partial charge is 0.217 e. The number of carbonyl (C=O) groups excluding carboxylic acids is 1. The highest BCUT2D eigenvalue weighted by atomic mass is 16.1. The number of carbonyl (C=O) groups is 1. The summed E-state index contributed by atoms with van der Waals surface area (Å²) in [7, 11) is 0. The van der Waals surface area contributed by atoms with E-state index >= 15 is 0 Å². The molecular formula is C10H17N3O. The molecule has 14 heavy (non-hydrogen) atoms. The van der Waals surface area contributed by atoms with Crippen molar-refractivity contribution in [2.45, 2.75) is 46.0 Å². The molecule has 0 aromatic carbocycles. The molecule has 0 saturated heterocycles. The lowest BCUT2D eigenvalue weighted by atomic mass is 10.2. The molecule has 0 spiro atoms. The molecule has 78 valence electrons. The minimum absolute atomic E-state index is 0.0338. The van der Waals surface area contributed by atoms with Crippen molar-refractivity contribution < 1.29 is 4.79 Å². The number of aromatic nitrogens is 3. The molecule has 1 aromatic rings. The van der Waals surface area contributed by atoms with Gasteiger partial charge in [-0.15, -0.1) is 0 Å². The third-order valence-corrected chi connectivity index (χ3v) is 2.03. The Kier molecular flexibility index (Phi) is 4.29. The van der Waals surface area contributed by atoms with Crippen LogP contribution in [-0.2, 0) is 6.42 Å². The third-order valence-electron chi connectivity index (χ3n) is 2.03. The highest BCUT2D eigenvalue weighted by molar-refractivity contribution is 5.92. The first-order valence-electron chi connectivity index (χ1n) is 5.22. The Morgan fingerprint density at radius 3 is 2.79 bits per heavy atom. The Hall–Kier alpha value is -1.19. The van der Waals surface area contributed by atoms with Gasteiger partial charge in [0, 0.05) is 12.8 Å². The second kappa shape index (κ2) is 5.52. The van der Waals surface area contributed by atoms with Crippen LogP contribution in [0.1, 0.15) is 56.0 Å². The van der Waals surface area contributed by atoms with E-state index in [1.165, 1.54) is 0 Å².